The Labute approximate surface area is 57.2 Å². The molecule has 1 radical (unpaired) electrons. The van der Waals surface area contributed by atoms with Gasteiger partial charge in [-0.15, -0.1) is 0 Å². The van der Waals surface area contributed by atoms with Crippen molar-refractivity contribution in [1.82, 2.24) is 10.2 Å². The molecule has 1 aliphatic rings. The number of rotatable bonds is 1. The van der Waals surface area contributed by atoms with Crippen LogP contribution in [0.1, 0.15) is 13.8 Å². The minimum Gasteiger partial charge on any atom is -0.306 e. The van der Waals surface area contributed by atoms with Crippen LogP contribution in [0, 0.1) is 0 Å². The van der Waals surface area contributed by atoms with Gasteiger partial charge in [0.15, 0.2) is 0 Å². The Morgan fingerprint density at radius 3 is 2.11 bits per heavy atom. The molecular formula is C7H16N2+. The molecule has 2 nitrogen and oxygen atoms in total. The molecule has 53 valence electrons. The third kappa shape index (κ3) is 1.95. The monoisotopic (exact) mass is 128 g/mol. The molecule has 0 bridgehead atoms. The van der Waals surface area contributed by atoms with Gasteiger partial charge in [-0.05, 0) is 13.8 Å². The van der Waals surface area contributed by atoms with Crippen molar-refractivity contribution in [3.8, 4) is 0 Å². The number of hydrogen-bond donors (Lipinski definition) is 1. The van der Waals surface area contributed by atoms with Crippen molar-refractivity contribution in [1.29, 1.82) is 0 Å². The highest BCUT2D eigenvalue weighted by atomic mass is 15.2. The predicted molar refractivity (Wildman–Crippen MR) is 39.9 cm³/mol. The second kappa shape index (κ2) is 3.18. The normalized spacial score (nSPS) is 23.0. The van der Waals surface area contributed by atoms with Gasteiger partial charge in [0.25, 0.3) is 0 Å². The first kappa shape index (κ1) is 7.03. The summed E-state index contributed by atoms with van der Waals surface area (Å²) in [6.45, 7) is 9.28. The van der Waals surface area contributed by atoms with E-state index >= 15 is 0 Å². The standard InChI is InChI=1S/C7H16N2/c1-7(2)9-5-3-8-4-6-9/h7-8H,3-6H2,1-2H3/q+1. The van der Waals surface area contributed by atoms with Crippen molar-refractivity contribution in [3.05, 3.63) is 0 Å². The molecular weight excluding hydrogens is 112 g/mol. The van der Waals surface area contributed by atoms with Crippen molar-refractivity contribution in [3.63, 3.8) is 0 Å². The Morgan fingerprint density at radius 2 is 1.78 bits per heavy atom. The van der Waals surface area contributed by atoms with Gasteiger partial charge < -0.3 is 5.32 Å². The van der Waals surface area contributed by atoms with Gasteiger partial charge in [-0.1, -0.05) is 0 Å². The molecule has 0 unspecified atom stereocenters. The van der Waals surface area contributed by atoms with Crippen molar-refractivity contribution in [2.75, 3.05) is 26.2 Å². The van der Waals surface area contributed by atoms with Crippen LogP contribution in [-0.2, 0) is 0 Å². The maximum atomic E-state index is 3.33. The molecule has 0 aromatic carbocycles. The third-order valence-electron chi connectivity index (χ3n) is 1.88. The molecule has 0 amide bonds. The largest absolute Gasteiger partial charge is 0.306 e. The molecule has 0 aromatic heterocycles. The molecule has 1 fully saturated rings. The molecule has 1 saturated heterocycles. The molecule has 0 saturated carbocycles. The Hall–Kier alpha value is -0.0800. The van der Waals surface area contributed by atoms with Crippen molar-refractivity contribution in [2.45, 2.75) is 19.9 Å². The fourth-order valence-electron chi connectivity index (χ4n) is 1.20. The summed E-state index contributed by atoms with van der Waals surface area (Å²) >= 11 is 0. The average Bonchev–Trinajstić information content (AvgIpc) is 1.90. The van der Waals surface area contributed by atoms with Gasteiger partial charge in [-0.25, -0.2) is 0 Å². The summed E-state index contributed by atoms with van der Waals surface area (Å²) in [6.07, 6.45) is 0. The van der Waals surface area contributed by atoms with Crippen LogP contribution in [0.2, 0.25) is 0 Å². The Morgan fingerprint density at radius 1 is 1.22 bits per heavy atom. The molecule has 1 N–H and O–H groups in total. The van der Waals surface area contributed by atoms with E-state index < -0.39 is 0 Å². The van der Waals surface area contributed by atoms with E-state index in [9.17, 15) is 0 Å². The smallest absolute Gasteiger partial charge is 0.135 e. The van der Waals surface area contributed by atoms with E-state index in [0.717, 1.165) is 19.1 Å². The molecule has 2 heteroatoms. The summed E-state index contributed by atoms with van der Waals surface area (Å²) in [5.41, 5.74) is 0. The highest BCUT2D eigenvalue weighted by Gasteiger charge is 2.21. The number of nitrogens with one attached hydrogen (secondary N) is 1. The molecule has 0 spiro atoms. The van der Waals surface area contributed by atoms with Gasteiger partial charge in [0.1, 0.15) is 19.1 Å². The van der Waals surface area contributed by atoms with E-state index in [4.69, 9.17) is 0 Å². The van der Waals surface area contributed by atoms with Gasteiger partial charge >= 0.3 is 0 Å². The highest BCUT2D eigenvalue weighted by molar-refractivity contribution is 4.75. The number of hydrogen-bond acceptors (Lipinski definition) is 2. The van der Waals surface area contributed by atoms with E-state index in [-0.39, 0.29) is 0 Å². The van der Waals surface area contributed by atoms with Crippen molar-refractivity contribution in [2.24, 2.45) is 0 Å². The van der Waals surface area contributed by atoms with Crippen LogP contribution in [0.15, 0.2) is 0 Å². The van der Waals surface area contributed by atoms with Gasteiger partial charge in [-0.2, -0.15) is 4.90 Å². The lowest BCUT2D eigenvalue weighted by molar-refractivity contribution is 0.309. The van der Waals surface area contributed by atoms with Crippen LogP contribution in [0.3, 0.4) is 0 Å². The Kier molecular flexibility index (Phi) is 2.49. The summed E-state index contributed by atoms with van der Waals surface area (Å²) in [4.78, 5) is 2.50. The highest BCUT2D eigenvalue weighted by Crippen LogP contribution is 1.93. The zero-order chi connectivity index (χ0) is 6.69. The fraction of sp³-hybridized carbons (Fsp3) is 1.00. The van der Waals surface area contributed by atoms with Gasteiger partial charge in [0.05, 0.1) is 0 Å². The van der Waals surface area contributed by atoms with Crippen molar-refractivity contribution < 1.29 is 0 Å². The SMILES string of the molecule is CC(C)[N+]1CCNCC1. The minimum absolute atomic E-state index is 0.729. The second-order valence-corrected chi connectivity index (χ2v) is 2.88. The molecule has 1 heterocycles. The first-order valence-corrected chi connectivity index (χ1v) is 3.75. The molecule has 0 atom stereocenters. The van der Waals surface area contributed by atoms with Crippen LogP contribution in [0.4, 0.5) is 0 Å². The number of piperazine rings is 1. The quantitative estimate of drug-likeness (QED) is 0.497. The van der Waals surface area contributed by atoms with Gasteiger partial charge in [-0.3, -0.25) is 0 Å². The first-order valence-electron chi connectivity index (χ1n) is 3.75. The van der Waals surface area contributed by atoms with E-state index in [1.54, 1.807) is 0 Å². The maximum Gasteiger partial charge on any atom is 0.135 e. The summed E-state index contributed by atoms with van der Waals surface area (Å²) in [6, 6.07) is 0.729. The van der Waals surface area contributed by atoms with Gasteiger partial charge in [0.2, 0.25) is 0 Å². The van der Waals surface area contributed by atoms with E-state index in [1.807, 2.05) is 0 Å². The molecule has 9 heavy (non-hydrogen) atoms. The summed E-state index contributed by atoms with van der Waals surface area (Å²) in [7, 11) is 0. The maximum absolute atomic E-state index is 3.33. The molecule has 1 aliphatic heterocycles. The van der Waals surface area contributed by atoms with E-state index in [2.05, 4.69) is 24.1 Å². The van der Waals surface area contributed by atoms with Crippen LogP contribution in [-0.4, -0.2) is 32.2 Å². The van der Waals surface area contributed by atoms with Gasteiger partial charge in [0, 0.05) is 13.1 Å². The fourth-order valence-corrected chi connectivity index (χ4v) is 1.20. The van der Waals surface area contributed by atoms with Crippen molar-refractivity contribution >= 4 is 0 Å². The lowest BCUT2D eigenvalue weighted by Gasteiger charge is -2.20. The Balaban J connectivity index is 2.23. The molecule has 0 aromatic rings. The van der Waals surface area contributed by atoms with Crippen LogP contribution >= 0.6 is 0 Å². The zero-order valence-electron chi connectivity index (χ0n) is 6.35. The lowest BCUT2D eigenvalue weighted by atomic mass is 10.3. The lowest BCUT2D eigenvalue weighted by Crippen LogP contribution is -2.50. The van der Waals surface area contributed by atoms with Crippen LogP contribution in [0.25, 0.3) is 0 Å². The number of nitrogens with zero attached hydrogens (tertiary/aromatic N) is 1. The molecule has 0 aliphatic carbocycles. The average molecular weight is 128 g/mol. The first-order chi connectivity index (χ1) is 4.30. The predicted octanol–water partition coefficient (Wildman–Crippen LogP) is 0.138. The third-order valence-corrected chi connectivity index (χ3v) is 1.88. The Bertz CT molecular complexity index is 75.0. The van der Waals surface area contributed by atoms with E-state index in [0.29, 0.717) is 0 Å². The summed E-state index contributed by atoms with van der Waals surface area (Å²) in [5, 5.41) is 3.33. The van der Waals surface area contributed by atoms with Crippen LogP contribution in [0.5, 0.6) is 0 Å². The van der Waals surface area contributed by atoms with E-state index in [1.165, 1.54) is 13.1 Å². The zero-order valence-corrected chi connectivity index (χ0v) is 6.35. The minimum atomic E-state index is 0.729. The second-order valence-electron chi connectivity index (χ2n) is 2.88. The summed E-state index contributed by atoms with van der Waals surface area (Å²) in [5.74, 6) is 0. The topological polar surface area (TPSA) is 17.9 Å². The molecule has 1 rings (SSSR count). The van der Waals surface area contributed by atoms with Crippen LogP contribution < -0.4 is 10.2 Å². The summed E-state index contributed by atoms with van der Waals surface area (Å²) < 4.78 is 0.